The van der Waals surface area contributed by atoms with E-state index in [1.807, 2.05) is 0 Å². The Morgan fingerprint density at radius 1 is 1.24 bits per heavy atom. The Balaban J connectivity index is 1.60. The third kappa shape index (κ3) is 4.59. The van der Waals surface area contributed by atoms with Crippen LogP contribution in [0.1, 0.15) is 58.8 Å². The maximum atomic E-state index is 3.68. The second-order valence-electron chi connectivity index (χ2n) is 6.15. The first-order valence-corrected chi connectivity index (χ1v) is 7.77. The number of likely N-dealkylation sites (tertiary alicyclic amines) is 1. The molecule has 0 aromatic carbocycles. The molecule has 2 nitrogen and oxygen atoms in total. The fourth-order valence-electron chi connectivity index (χ4n) is 3.08. The SMILES string of the molecule is CCCNC1CCN(CCCC2CC2)C(C)C1. The molecule has 2 rings (SSSR count). The molecule has 2 unspecified atom stereocenters. The third-order valence-corrected chi connectivity index (χ3v) is 4.45. The molecule has 0 radical (unpaired) electrons. The number of piperidine rings is 1. The minimum absolute atomic E-state index is 0.782. The zero-order valence-corrected chi connectivity index (χ0v) is 11.8. The molecule has 0 bridgehead atoms. The summed E-state index contributed by atoms with van der Waals surface area (Å²) in [6.45, 7) is 8.52. The quantitative estimate of drug-likeness (QED) is 0.733. The van der Waals surface area contributed by atoms with E-state index in [4.69, 9.17) is 0 Å². The summed E-state index contributed by atoms with van der Waals surface area (Å²) in [5.74, 6) is 1.11. The fourth-order valence-corrected chi connectivity index (χ4v) is 3.08. The van der Waals surface area contributed by atoms with Gasteiger partial charge in [-0.05, 0) is 64.6 Å². The third-order valence-electron chi connectivity index (χ3n) is 4.45. The monoisotopic (exact) mass is 238 g/mol. The van der Waals surface area contributed by atoms with Gasteiger partial charge in [-0.25, -0.2) is 0 Å². The summed E-state index contributed by atoms with van der Waals surface area (Å²) in [6.07, 6.45) is 9.91. The molecular formula is C15H30N2. The van der Waals surface area contributed by atoms with Gasteiger partial charge in [0.05, 0.1) is 0 Å². The molecule has 1 N–H and O–H groups in total. The number of nitrogens with zero attached hydrogens (tertiary/aromatic N) is 1. The molecule has 1 heterocycles. The van der Waals surface area contributed by atoms with E-state index >= 15 is 0 Å². The average molecular weight is 238 g/mol. The van der Waals surface area contributed by atoms with Gasteiger partial charge in [-0.1, -0.05) is 19.8 Å². The van der Waals surface area contributed by atoms with Gasteiger partial charge in [-0.15, -0.1) is 0 Å². The molecule has 0 aromatic heterocycles. The smallest absolute Gasteiger partial charge is 0.00940 e. The molecule has 2 atom stereocenters. The first kappa shape index (κ1) is 13.4. The Bertz CT molecular complexity index is 213. The van der Waals surface area contributed by atoms with Crippen molar-refractivity contribution in [2.45, 2.75) is 70.9 Å². The van der Waals surface area contributed by atoms with Gasteiger partial charge >= 0.3 is 0 Å². The van der Waals surface area contributed by atoms with Crippen LogP contribution in [-0.2, 0) is 0 Å². The Morgan fingerprint density at radius 2 is 2.06 bits per heavy atom. The number of rotatable bonds is 7. The van der Waals surface area contributed by atoms with Crippen LogP contribution in [0, 0.1) is 5.92 Å². The van der Waals surface area contributed by atoms with E-state index in [1.54, 1.807) is 0 Å². The predicted molar refractivity (Wildman–Crippen MR) is 74.3 cm³/mol. The molecule has 0 amide bonds. The molecule has 1 aliphatic carbocycles. The molecular weight excluding hydrogens is 208 g/mol. The Kier molecular flexibility index (Phi) is 5.30. The molecule has 2 heteroatoms. The summed E-state index contributed by atoms with van der Waals surface area (Å²) in [4.78, 5) is 2.71. The maximum absolute atomic E-state index is 3.68. The molecule has 17 heavy (non-hydrogen) atoms. The van der Waals surface area contributed by atoms with Crippen LogP contribution in [0.2, 0.25) is 0 Å². The first-order valence-electron chi connectivity index (χ1n) is 7.77. The molecule has 2 aliphatic rings. The zero-order valence-electron chi connectivity index (χ0n) is 11.8. The molecule has 2 fully saturated rings. The van der Waals surface area contributed by atoms with Crippen molar-refractivity contribution in [2.24, 2.45) is 5.92 Å². The van der Waals surface area contributed by atoms with Crippen molar-refractivity contribution in [3.05, 3.63) is 0 Å². The van der Waals surface area contributed by atoms with Crippen LogP contribution in [-0.4, -0.2) is 36.6 Å². The van der Waals surface area contributed by atoms with E-state index in [0.29, 0.717) is 0 Å². The predicted octanol–water partition coefficient (Wildman–Crippen LogP) is 3.03. The lowest BCUT2D eigenvalue weighted by Gasteiger charge is -2.38. The Morgan fingerprint density at radius 3 is 2.71 bits per heavy atom. The zero-order chi connectivity index (χ0) is 12.1. The van der Waals surface area contributed by atoms with Gasteiger partial charge in [0.15, 0.2) is 0 Å². The highest BCUT2D eigenvalue weighted by Gasteiger charge is 2.25. The Hall–Kier alpha value is -0.0800. The number of hydrogen-bond acceptors (Lipinski definition) is 2. The second kappa shape index (κ2) is 6.75. The summed E-state index contributed by atoms with van der Waals surface area (Å²) >= 11 is 0. The van der Waals surface area contributed by atoms with Gasteiger partial charge in [0.25, 0.3) is 0 Å². The van der Waals surface area contributed by atoms with E-state index in [1.165, 1.54) is 64.6 Å². The first-order chi connectivity index (χ1) is 8.29. The lowest BCUT2D eigenvalue weighted by atomic mass is 9.97. The van der Waals surface area contributed by atoms with Crippen molar-refractivity contribution in [3.8, 4) is 0 Å². The summed E-state index contributed by atoms with van der Waals surface area (Å²) in [7, 11) is 0. The van der Waals surface area contributed by atoms with Crippen LogP contribution in [0.5, 0.6) is 0 Å². The normalized spacial score (nSPS) is 30.7. The van der Waals surface area contributed by atoms with Gasteiger partial charge in [0.1, 0.15) is 0 Å². The Labute approximate surface area is 107 Å². The molecule has 100 valence electrons. The molecule has 1 saturated carbocycles. The molecule has 1 saturated heterocycles. The summed E-state index contributed by atoms with van der Waals surface area (Å²) in [5.41, 5.74) is 0. The van der Waals surface area contributed by atoms with E-state index in [0.717, 1.165) is 18.0 Å². The van der Waals surface area contributed by atoms with Gasteiger partial charge in [-0.2, -0.15) is 0 Å². The van der Waals surface area contributed by atoms with E-state index < -0.39 is 0 Å². The molecule has 1 aliphatic heterocycles. The van der Waals surface area contributed by atoms with Crippen molar-refractivity contribution in [1.29, 1.82) is 0 Å². The van der Waals surface area contributed by atoms with Crippen molar-refractivity contribution in [1.82, 2.24) is 10.2 Å². The lowest BCUT2D eigenvalue weighted by molar-refractivity contribution is 0.133. The number of hydrogen-bond donors (Lipinski definition) is 1. The van der Waals surface area contributed by atoms with Crippen LogP contribution in [0.4, 0.5) is 0 Å². The van der Waals surface area contributed by atoms with Gasteiger partial charge in [-0.3, -0.25) is 0 Å². The largest absolute Gasteiger partial charge is 0.314 e. The molecule has 0 spiro atoms. The topological polar surface area (TPSA) is 15.3 Å². The second-order valence-corrected chi connectivity index (χ2v) is 6.15. The minimum Gasteiger partial charge on any atom is -0.314 e. The maximum Gasteiger partial charge on any atom is 0.00940 e. The van der Waals surface area contributed by atoms with Crippen LogP contribution in [0.25, 0.3) is 0 Å². The highest BCUT2D eigenvalue weighted by atomic mass is 15.2. The van der Waals surface area contributed by atoms with E-state index in [9.17, 15) is 0 Å². The van der Waals surface area contributed by atoms with Crippen LogP contribution in [0.15, 0.2) is 0 Å². The summed E-state index contributed by atoms with van der Waals surface area (Å²) in [6, 6.07) is 1.57. The van der Waals surface area contributed by atoms with Crippen LogP contribution < -0.4 is 5.32 Å². The fraction of sp³-hybridized carbons (Fsp3) is 1.00. The van der Waals surface area contributed by atoms with Crippen molar-refractivity contribution >= 4 is 0 Å². The van der Waals surface area contributed by atoms with Crippen LogP contribution in [0.3, 0.4) is 0 Å². The van der Waals surface area contributed by atoms with Crippen molar-refractivity contribution in [2.75, 3.05) is 19.6 Å². The minimum atomic E-state index is 0.782. The van der Waals surface area contributed by atoms with Crippen molar-refractivity contribution < 1.29 is 0 Å². The number of nitrogens with one attached hydrogen (secondary N) is 1. The summed E-state index contributed by atoms with van der Waals surface area (Å²) in [5, 5.41) is 3.68. The van der Waals surface area contributed by atoms with Crippen LogP contribution >= 0.6 is 0 Å². The van der Waals surface area contributed by atoms with Gasteiger partial charge < -0.3 is 10.2 Å². The van der Waals surface area contributed by atoms with Gasteiger partial charge in [0.2, 0.25) is 0 Å². The lowest BCUT2D eigenvalue weighted by Crippen LogP contribution is -2.47. The average Bonchev–Trinajstić information content (AvgIpc) is 3.13. The summed E-state index contributed by atoms with van der Waals surface area (Å²) < 4.78 is 0. The highest BCUT2D eigenvalue weighted by molar-refractivity contribution is 4.83. The highest BCUT2D eigenvalue weighted by Crippen LogP contribution is 2.33. The van der Waals surface area contributed by atoms with E-state index in [-0.39, 0.29) is 0 Å². The molecule has 0 aromatic rings. The van der Waals surface area contributed by atoms with E-state index in [2.05, 4.69) is 24.1 Å². The van der Waals surface area contributed by atoms with Gasteiger partial charge in [0, 0.05) is 12.1 Å². The van der Waals surface area contributed by atoms with Crippen molar-refractivity contribution in [3.63, 3.8) is 0 Å². The standard InChI is InChI=1S/C15H30N2/c1-3-9-16-15-8-11-17(13(2)12-15)10-4-5-14-6-7-14/h13-16H,3-12H2,1-2H3.